The number of quaternary nitrogens is 1. The summed E-state index contributed by atoms with van der Waals surface area (Å²) >= 11 is 0. The van der Waals surface area contributed by atoms with E-state index in [0.717, 1.165) is 11.0 Å². The van der Waals surface area contributed by atoms with E-state index in [1.165, 1.54) is 13.0 Å². The van der Waals surface area contributed by atoms with Crippen LogP contribution in [-0.2, 0) is 0 Å². The van der Waals surface area contributed by atoms with Crippen LogP contribution in [0, 0.1) is 0 Å². The standard InChI is InChI=1S/C6H15N2/c1-8(2)4-3-6(7)5-8/h6H,3-5,7H2,1-2H3/q+1/t6-/m1/s1. The second-order valence-corrected chi connectivity index (χ2v) is 3.39. The summed E-state index contributed by atoms with van der Waals surface area (Å²) in [6, 6.07) is 0.463. The highest BCUT2D eigenvalue weighted by Gasteiger charge is 2.27. The third-order valence-electron chi connectivity index (χ3n) is 1.83. The topological polar surface area (TPSA) is 26.0 Å². The molecular formula is C6H15N2+. The number of hydrogen-bond donors (Lipinski definition) is 1. The summed E-state index contributed by atoms with van der Waals surface area (Å²) in [5, 5.41) is 0. The summed E-state index contributed by atoms with van der Waals surface area (Å²) in [6.45, 7) is 2.40. The van der Waals surface area contributed by atoms with E-state index in [1.807, 2.05) is 0 Å². The first-order chi connectivity index (χ1) is 3.60. The van der Waals surface area contributed by atoms with Crippen molar-refractivity contribution in [3.63, 3.8) is 0 Å². The smallest absolute Gasteiger partial charge is 0.0938 e. The molecular weight excluding hydrogens is 100 g/mol. The van der Waals surface area contributed by atoms with E-state index < -0.39 is 0 Å². The van der Waals surface area contributed by atoms with Gasteiger partial charge < -0.3 is 10.2 Å². The molecule has 2 N–H and O–H groups in total. The van der Waals surface area contributed by atoms with Crippen LogP contribution in [0.15, 0.2) is 0 Å². The molecule has 0 aromatic heterocycles. The van der Waals surface area contributed by atoms with E-state index >= 15 is 0 Å². The fourth-order valence-corrected chi connectivity index (χ4v) is 1.33. The molecule has 0 aromatic rings. The Morgan fingerprint density at radius 2 is 2.12 bits per heavy atom. The van der Waals surface area contributed by atoms with Gasteiger partial charge >= 0.3 is 0 Å². The molecule has 1 aliphatic heterocycles. The van der Waals surface area contributed by atoms with Crippen molar-refractivity contribution in [3.05, 3.63) is 0 Å². The molecule has 0 aliphatic carbocycles. The lowest BCUT2D eigenvalue weighted by Gasteiger charge is -2.22. The summed E-state index contributed by atoms with van der Waals surface area (Å²) in [5.41, 5.74) is 5.69. The molecule has 0 aromatic carbocycles. The molecule has 1 atom stereocenters. The summed E-state index contributed by atoms with van der Waals surface area (Å²) in [5.74, 6) is 0. The largest absolute Gasteiger partial charge is 0.327 e. The third kappa shape index (κ3) is 1.20. The van der Waals surface area contributed by atoms with E-state index in [9.17, 15) is 0 Å². The molecule has 0 radical (unpaired) electrons. The molecule has 2 heteroatoms. The van der Waals surface area contributed by atoms with E-state index in [0.29, 0.717) is 6.04 Å². The minimum absolute atomic E-state index is 0.463. The number of nitrogens with two attached hydrogens (primary N) is 1. The fourth-order valence-electron chi connectivity index (χ4n) is 1.33. The van der Waals surface area contributed by atoms with Crippen LogP contribution in [-0.4, -0.2) is 37.7 Å². The Morgan fingerprint density at radius 3 is 2.25 bits per heavy atom. The van der Waals surface area contributed by atoms with Gasteiger partial charge in [-0.05, 0) is 0 Å². The fraction of sp³-hybridized carbons (Fsp3) is 1.00. The number of likely N-dealkylation sites (tertiary alicyclic amines) is 1. The van der Waals surface area contributed by atoms with Gasteiger partial charge in [0.25, 0.3) is 0 Å². The zero-order chi connectivity index (χ0) is 6.20. The average Bonchev–Trinajstić information content (AvgIpc) is 1.82. The Labute approximate surface area is 50.9 Å². The van der Waals surface area contributed by atoms with Crippen molar-refractivity contribution in [1.82, 2.24) is 0 Å². The Bertz CT molecular complexity index is 88.5. The number of rotatable bonds is 0. The normalized spacial score (nSPS) is 35.6. The Morgan fingerprint density at radius 1 is 1.50 bits per heavy atom. The van der Waals surface area contributed by atoms with Gasteiger partial charge in [-0.15, -0.1) is 0 Å². The molecule has 2 nitrogen and oxygen atoms in total. The van der Waals surface area contributed by atoms with Crippen LogP contribution in [0.4, 0.5) is 0 Å². The van der Waals surface area contributed by atoms with Gasteiger partial charge in [0.1, 0.15) is 0 Å². The molecule has 1 heterocycles. The van der Waals surface area contributed by atoms with Crippen molar-refractivity contribution in [2.45, 2.75) is 12.5 Å². The maximum absolute atomic E-state index is 5.69. The maximum atomic E-state index is 5.69. The van der Waals surface area contributed by atoms with Gasteiger partial charge in [0, 0.05) is 6.42 Å². The highest BCUT2D eigenvalue weighted by Crippen LogP contribution is 2.10. The van der Waals surface area contributed by atoms with Crippen LogP contribution >= 0.6 is 0 Å². The second-order valence-electron chi connectivity index (χ2n) is 3.39. The van der Waals surface area contributed by atoms with Gasteiger partial charge in [0.05, 0.1) is 33.2 Å². The Kier molecular flexibility index (Phi) is 1.29. The zero-order valence-corrected chi connectivity index (χ0v) is 5.72. The van der Waals surface area contributed by atoms with Gasteiger partial charge in [0.15, 0.2) is 0 Å². The first kappa shape index (κ1) is 6.05. The highest BCUT2D eigenvalue weighted by molar-refractivity contribution is 4.65. The number of nitrogens with zero attached hydrogens (tertiary/aromatic N) is 1. The molecule has 1 rings (SSSR count). The lowest BCUT2D eigenvalue weighted by Crippen LogP contribution is -2.38. The van der Waals surface area contributed by atoms with E-state index in [4.69, 9.17) is 5.73 Å². The average molecular weight is 115 g/mol. The lowest BCUT2D eigenvalue weighted by atomic mass is 10.3. The van der Waals surface area contributed by atoms with Crippen molar-refractivity contribution >= 4 is 0 Å². The molecule has 1 aliphatic rings. The lowest BCUT2D eigenvalue weighted by molar-refractivity contribution is -0.878. The monoisotopic (exact) mass is 115 g/mol. The SMILES string of the molecule is C[N+]1(C)CC[C@@H](N)C1. The van der Waals surface area contributed by atoms with Crippen molar-refractivity contribution in [2.75, 3.05) is 27.2 Å². The minimum Gasteiger partial charge on any atom is -0.327 e. The molecule has 0 spiro atoms. The Balaban J connectivity index is 2.44. The summed E-state index contributed by atoms with van der Waals surface area (Å²) in [6.07, 6.45) is 1.20. The van der Waals surface area contributed by atoms with Crippen molar-refractivity contribution in [3.8, 4) is 0 Å². The molecule has 0 bridgehead atoms. The number of likely N-dealkylation sites (N-methyl/N-ethyl adjacent to an activating group) is 1. The van der Waals surface area contributed by atoms with Gasteiger partial charge in [-0.3, -0.25) is 0 Å². The summed E-state index contributed by atoms with van der Waals surface area (Å²) in [4.78, 5) is 0. The van der Waals surface area contributed by atoms with Crippen LogP contribution in [0.1, 0.15) is 6.42 Å². The van der Waals surface area contributed by atoms with Gasteiger partial charge in [-0.2, -0.15) is 0 Å². The second kappa shape index (κ2) is 1.71. The van der Waals surface area contributed by atoms with Gasteiger partial charge in [-0.25, -0.2) is 0 Å². The summed E-state index contributed by atoms with van der Waals surface area (Å²) < 4.78 is 1.11. The molecule has 0 amide bonds. The molecule has 1 saturated heterocycles. The zero-order valence-electron chi connectivity index (χ0n) is 5.72. The minimum atomic E-state index is 0.463. The van der Waals surface area contributed by atoms with Crippen LogP contribution < -0.4 is 5.73 Å². The molecule has 48 valence electrons. The maximum Gasteiger partial charge on any atom is 0.0938 e. The van der Waals surface area contributed by atoms with E-state index in [-0.39, 0.29) is 0 Å². The summed E-state index contributed by atoms with van der Waals surface area (Å²) in [7, 11) is 4.46. The predicted octanol–water partition coefficient (Wildman–Crippen LogP) is -0.206. The van der Waals surface area contributed by atoms with E-state index in [1.54, 1.807) is 0 Å². The number of hydrogen-bond acceptors (Lipinski definition) is 1. The van der Waals surface area contributed by atoms with Crippen molar-refractivity contribution < 1.29 is 4.48 Å². The molecule has 1 fully saturated rings. The third-order valence-corrected chi connectivity index (χ3v) is 1.83. The highest BCUT2D eigenvalue weighted by atomic mass is 15.3. The van der Waals surface area contributed by atoms with Crippen molar-refractivity contribution in [1.29, 1.82) is 0 Å². The quantitative estimate of drug-likeness (QED) is 0.434. The van der Waals surface area contributed by atoms with Crippen LogP contribution in [0.2, 0.25) is 0 Å². The van der Waals surface area contributed by atoms with E-state index in [2.05, 4.69) is 14.1 Å². The van der Waals surface area contributed by atoms with Crippen LogP contribution in [0.3, 0.4) is 0 Å². The van der Waals surface area contributed by atoms with Crippen LogP contribution in [0.25, 0.3) is 0 Å². The first-order valence-corrected chi connectivity index (χ1v) is 3.18. The van der Waals surface area contributed by atoms with Gasteiger partial charge in [-0.1, -0.05) is 0 Å². The Hall–Kier alpha value is -0.0800. The molecule has 0 saturated carbocycles. The molecule has 8 heavy (non-hydrogen) atoms. The molecule has 0 unspecified atom stereocenters. The first-order valence-electron chi connectivity index (χ1n) is 3.18. The van der Waals surface area contributed by atoms with Gasteiger partial charge in [0.2, 0.25) is 0 Å². The van der Waals surface area contributed by atoms with Crippen LogP contribution in [0.5, 0.6) is 0 Å². The predicted molar refractivity (Wildman–Crippen MR) is 34.4 cm³/mol. The van der Waals surface area contributed by atoms with Crippen molar-refractivity contribution in [2.24, 2.45) is 5.73 Å².